The minimum atomic E-state index is -0.152. The van der Waals surface area contributed by atoms with Gasteiger partial charge in [0.05, 0.1) is 50.2 Å². The smallest absolute Gasteiger partial charge is 0.246 e. The molecule has 1 unspecified atom stereocenters. The van der Waals surface area contributed by atoms with E-state index in [9.17, 15) is 9.90 Å². The van der Waals surface area contributed by atoms with Gasteiger partial charge in [0.1, 0.15) is 11.9 Å². The Hall–Kier alpha value is -2.73. The molecular formula is C29H34N2O4. The summed E-state index contributed by atoms with van der Waals surface area (Å²) in [6.45, 7) is 2.37. The molecule has 2 bridgehead atoms. The van der Waals surface area contributed by atoms with Crippen LogP contribution in [0, 0.1) is 11.8 Å². The Morgan fingerprint density at radius 2 is 2.11 bits per heavy atom. The first-order chi connectivity index (χ1) is 16.9. The summed E-state index contributed by atoms with van der Waals surface area (Å²) >= 11 is 0. The lowest BCUT2D eigenvalue weighted by Crippen LogP contribution is -2.73. The lowest BCUT2D eigenvalue weighted by molar-refractivity contribution is -0.946. The number of nitrogens with zero attached hydrogens (tertiary/aromatic N) is 2. The number of amides is 1. The molecule has 1 aromatic carbocycles. The van der Waals surface area contributed by atoms with Crippen molar-refractivity contribution in [1.82, 2.24) is 4.90 Å². The van der Waals surface area contributed by atoms with E-state index in [2.05, 4.69) is 7.05 Å². The normalized spacial score (nSPS) is 36.6. The summed E-state index contributed by atoms with van der Waals surface area (Å²) in [5.74, 6) is 2.40. The van der Waals surface area contributed by atoms with Crippen LogP contribution in [-0.4, -0.2) is 60.7 Å². The molecule has 6 heteroatoms. The summed E-state index contributed by atoms with van der Waals surface area (Å²) in [4.78, 5) is 15.1. The Kier molecular flexibility index (Phi) is 4.55. The summed E-state index contributed by atoms with van der Waals surface area (Å²) in [5, 5.41) is 13.2. The van der Waals surface area contributed by atoms with E-state index < -0.39 is 0 Å². The second-order valence-corrected chi connectivity index (χ2v) is 11.9. The van der Waals surface area contributed by atoms with Gasteiger partial charge in [-0.2, -0.15) is 0 Å². The molecule has 35 heavy (non-hydrogen) atoms. The number of hydrogen-bond donors (Lipinski definition) is 0. The molecule has 2 aliphatic heterocycles. The van der Waals surface area contributed by atoms with Gasteiger partial charge in [-0.05, 0) is 49.5 Å². The van der Waals surface area contributed by atoms with Gasteiger partial charge in [0.25, 0.3) is 0 Å². The highest BCUT2D eigenvalue weighted by Gasteiger charge is 2.69. The zero-order valence-electron chi connectivity index (χ0n) is 20.6. The fraction of sp³-hybridized carbons (Fsp3) is 0.552. The summed E-state index contributed by atoms with van der Waals surface area (Å²) in [7, 11) is 4.36. The van der Waals surface area contributed by atoms with Gasteiger partial charge in [-0.3, -0.25) is 4.79 Å². The number of rotatable bonds is 5. The largest absolute Gasteiger partial charge is 0.872 e. The molecule has 1 amide bonds. The average molecular weight is 475 g/mol. The van der Waals surface area contributed by atoms with E-state index in [1.807, 2.05) is 24.1 Å². The highest BCUT2D eigenvalue weighted by molar-refractivity contribution is 5.91. The molecule has 6 atom stereocenters. The van der Waals surface area contributed by atoms with Crippen LogP contribution in [0.2, 0.25) is 0 Å². The number of piperidine rings is 1. The second-order valence-electron chi connectivity index (χ2n) is 11.9. The van der Waals surface area contributed by atoms with Crippen molar-refractivity contribution in [3.8, 4) is 11.5 Å². The molecule has 2 saturated carbocycles. The molecule has 1 aromatic heterocycles. The first-order valence-corrected chi connectivity index (χ1v) is 13.2. The van der Waals surface area contributed by atoms with Crippen molar-refractivity contribution in [3.05, 3.63) is 53.5 Å². The molecule has 6 nitrogen and oxygen atoms in total. The predicted molar refractivity (Wildman–Crippen MR) is 130 cm³/mol. The van der Waals surface area contributed by atoms with E-state index in [4.69, 9.17) is 9.15 Å². The average Bonchev–Trinajstić information content (AvgIpc) is 3.37. The fourth-order valence-electron chi connectivity index (χ4n) is 8.31. The third-order valence-electron chi connectivity index (χ3n) is 10.1. The zero-order valence-corrected chi connectivity index (χ0v) is 20.6. The lowest BCUT2D eigenvalue weighted by atomic mass is 9.50. The van der Waals surface area contributed by atoms with E-state index >= 15 is 0 Å². The quantitative estimate of drug-likeness (QED) is 0.492. The predicted octanol–water partition coefficient (Wildman–Crippen LogP) is 3.49. The zero-order chi connectivity index (χ0) is 23.9. The fourth-order valence-corrected chi connectivity index (χ4v) is 8.31. The number of carbonyl (C=O) groups excluding carboxylic acids is 1. The van der Waals surface area contributed by atoms with Crippen LogP contribution in [0.3, 0.4) is 0 Å². The molecule has 2 aromatic rings. The Bertz CT molecular complexity index is 1200. The van der Waals surface area contributed by atoms with Gasteiger partial charge >= 0.3 is 0 Å². The van der Waals surface area contributed by atoms with Gasteiger partial charge in [0.15, 0.2) is 0 Å². The molecule has 0 N–H and O–H groups in total. The molecule has 1 saturated heterocycles. The standard InChI is InChI=1S/C29H34N2O4/c1-30(26(33)10-5-19-11-14-34-17-19)22-7-6-21-23-15-20-24(32)8-9-25-27(20)29(21,28(22)35-25)12-13-31(23,2)16-18-3-4-18/h5,8-11,14,17-18,21-23,28H,3-4,6-7,12-13,15-16H2,1-2H3/b10-5+/t21-,22+,23-,28?,29+,31-/m0/s1. The van der Waals surface area contributed by atoms with E-state index in [0.29, 0.717) is 12.0 Å². The molecule has 3 heterocycles. The number of quaternary nitrogens is 1. The molecule has 5 aliphatic rings. The molecule has 0 radical (unpaired) electrons. The van der Waals surface area contributed by atoms with Crippen molar-refractivity contribution in [3.63, 3.8) is 0 Å². The Morgan fingerprint density at radius 3 is 2.89 bits per heavy atom. The van der Waals surface area contributed by atoms with Gasteiger partial charge in [-0.1, -0.05) is 6.07 Å². The van der Waals surface area contributed by atoms with Crippen LogP contribution < -0.4 is 9.84 Å². The van der Waals surface area contributed by atoms with Crippen molar-refractivity contribution in [2.24, 2.45) is 11.8 Å². The number of benzene rings is 1. The van der Waals surface area contributed by atoms with E-state index in [1.165, 1.54) is 24.9 Å². The van der Waals surface area contributed by atoms with Crippen molar-refractivity contribution in [2.75, 3.05) is 27.2 Å². The van der Waals surface area contributed by atoms with E-state index in [-0.39, 0.29) is 29.2 Å². The maximum Gasteiger partial charge on any atom is 0.246 e. The highest BCUT2D eigenvalue weighted by Crippen LogP contribution is 2.64. The van der Waals surface area contributed by atoms with Gasteiger partial charge in [0.2, 0.25) is 5.91 Å². The third kappa shape index (κ3) is 3.01. The van der Waals surface area contributed by atoms with Crippen LogP contribution in [-0.2, 0) is 16.6 Å². The Morgan fingerprint density at radius 1 is 1.26 bits per heavy atom. The molecule has 3 aliphatic carbocycles. The van der Waals surface area contributed by atoms with Crippen molar-refractivity contribution in [1.29, 1.82) is 0 Å². The number of likely N-dealkylation sites (tertiary alicyclic amines) is 1. The van der Waals surface area contributed by atoms with Crippen molar-refractivity contribution >= 4 is 12.0 Å². The van der Waals surface area contributed by atoms with Crippen LogP contribution in [0.25, 0.3) is 6.08 Å². The molecule has 184 valence electrons. The number of likely N-dealkylation sites (N-methyl/N-ethyl adjacent to an activating group) is 2. The van der Waals surface area contributed by atoms with Gasteiger partial charge in [-0.15, -0.1) is 5.75 Å². The summed E-state index contributed by atoms with van der Waals surface area (Å²) in [6.07, 6.45) is 13.2. The second kappa shape index (κ2) is 7.39. The van der Waals surface area contributed by atoms with Crippen LogP contribution in [0.4, 0.5) is 0 Å². The summed E-state index contributed by atoms with van der Waals surface area (Å²) in [6, 6.07) is 5.90. The topological polar surface area (TPSA) is 65.7 Å². The van der Waals surface area contributed by atoms with Crippen LogP contribution >= 0.6 is 0 Å². The van der Waals surface area contributed by atoms with Crippen LogP contribution in [0.5, 0.6) is 11.5 Å². The Labute approximate surface area is 206 Å². The maximum atomic E-state index is 13.2. The SMILES string of the molecule is CN(C(=O)/C=C/c1ccoc1)[C@@H]1CC[C@H]2[C@@H]3Cc4c([O-])ccc5c4[C@]2(CC[N@@+]3(C)CC2CC2)C1O5. The van der Waals surface area contributed by atoms with Crippen LogP contribution in [0.1, 0.15) is 48.8 Å². The highest BCUT2D eigenvalue weighted by atomic mass is 16.5. The molecule has 3 fully saturated rings. The van der Waals surface area contributed by atoms with Gasteiger partial charge in [-0.25, -0.2) is 0 Å². The first-order valence-electron chi connectivity index (χ1n) is 13.2. The number of hydrogen-bond acceptors (Lipinski definition) is 4. The first kappa shape index (κ1) is 21.5. The van der Waals surface area contributed by atoms with E-state index in [0.717, 1.165) is 59.5 Å². The molecule has 1 spiro atoms. The minimum absolute atomic E-state index is 0.0119. The van der Waals surface area contributed by atoms with Gasteiger partial charge in [0, 0.05) is 48.9 Å². The summed E-state index contributed by atoms with van der Waals surface area (Å²) < 4.78 is 13.0. The number of ether oxygens (including phenoxy) is 1. The molecule has 7 rings (SSSR count). The lowest BCUT2D eigenvalue weighted by Gasteiger charge is -2.62. The van der Waals surface area contributed by atoms with E-state index in [1.54, 1.807) is 30.7 Å². The van der Waals surface area contributed by atoms with Crippen LogP contribution in [0.15, 0.2) is 41.2 Å². The monoisotopic (exact) mass is 474 g/mol. The third-order valence-corrected chi connectivity index (χ3v) is 10.1. The van der Waals surface area contributed by atoms with Crippen molar-refractivity contribution in [2.45, 2.75) is 62.1 Å². The Balaban J connectivity index is 1.26. The maximum absolute atomic E-state index is 13.2. The molecular weight excluding hydrogens is 440 g/mol. The minimum Gasteiger partial charge on any atom is -0.872 e. The summed E-state index contributed by atoms with van der Waals surface area (Å²) in [5.41, 5.74) is 2.93. The van der Waals surface area contributed by atoms with Crippen molar-refractivity contribution < 1.29 is 23.5 Å². The number of furan rings is 1. The number of carbonyl (C=O) groups is 1. The van der Waals surface area contributed by atoms with Gasteiger partial charge < -0.3 is 23.6 Å².